The number of hydrogen-bond acceptors (Lipinski definition) is 3. The highest BCUT2D eigenvalue weighted by atomic mass is 16.6. The Kier molecular flexibility index (Phi) is 3.85. The Labute approximate surface area is 150 Å². The van der Waals surface area contributed by atoms with Gasteiger partial charge in [0.1, 0.15) is 13.1 Å². The van der Waals surface area contributed by atoms with Crippen LogP contribution in [0.5, 0.6) is 0 Å². The van der Waals surface area contributed by atoms with Gasteiger partial charge < -0.3 is 9.47 Å². The van der Waals surface area contributed by atoms with E-state index in [0.717, 1.165) is 25.0 Å². The van der Waals surface area contributed by atoms with Crippen LogP contribution in [0.1, 0.15) is 21.6 Å². The van der Waals surface area contributed by atoms with Gasteiger partial charge in [0, 0.05) is 46.3 Å². The first-order valence-electron chi connectivity index (χ1n) is 8.65. The second-order valence-corrected chi connectivity index (χ2v) is 7.26. The number of aromatic nitrogens is 1. The maximum absolute atomic E-state index is 12.7. The lowest BCUT2D eigenvalue weighted by Gasteiger charge is -2.37. The zero-order valence-corrected chi connectivity index (χ0v) is 14.6. The molecule has 6 nitrogen and oxygen atoms in total. The third-order valence-corrected chi connectivity index (χ3v) is 5.27. The molecule has 132 valence electrons. The van der Waals surface area contributed by atoms with Gasteiger partial charge in [0.2, 0.25) is 5.78 Å². The molecule has 1 atom stereocenters. The molecule has 1 aliphatic heterocycles. The second kappa shape index (κ2) is 6.07. The maximum Gasteiger partial charge on any atom is 0.269 e. The summed E-state index contributed by atoms with van der Waals surface area (Å²) >= 11 is 0. The Morgan fingerprint density at radius 2 is 1.92 bits per heavy atom. The number of nitro groups is 1. The highest BCUT2D eigenvalue weighted by Gasteiger charge is 2.33. The van der Waals surface area contributed by atoms with Gasteiger partial charge in [-0.15, -0.1) is 0 Å². The normalized spacial score (nSPS) is 19.3. The fraction of sp³-hybridized carbons (Fsp3) is 0.250. The molecule has 1 N–H and O–H groups in total. The van der Waals surface area contributed by atoms with Crippen LogP contribution >= 0.6 is 0 Å². The summed E-state index contributed by atoms with van der Waals surface area (Å²) in [6.07, 6.45) is 0.911. The Morgan fingerprint density at radius 3 is 2.65 bits per heavy atom. The average Bonchev–Trinajstić information content (AvgIpc) is 2.99. The quantitative estimate of drug-likeness (QED) is 0.339. The molecule has 2 aromatic carbocycles. The highest BCUT2D eigenvalue weighted by molar-refractivity contribution is 5.97. The summed E-state index contributed by atoms with van der Waals surface area (Å²) in [6, 6.07) is 14.1. The Hall–Kier alpha value is -2.99. The Balaban J connectivity index is 1.56. The number of likely N-dealkylation sites (N-methyl/N-ethyl adjacent to an activating group) is 1. The van der Waals surface area contributed by atoms with E-state index in [-0.39, 0.29) is 11.5 Å². The van der Waals surface area contributed by atoms with E-state index in [1.165, 1.54) is 28.8 Å². The van der Waals surface area contributed by atoms with Gasteiger partial charge in [0.05, 0.1) is 18.5 Å². The maximum atomic E-state index is 12.7. The molecule has 0 aliphatic carbocycles. The molecule has 0 radical (unpaired) electrons. The highest BCUT2D eigenvalue weighted by Crippen LogP contribution is 2.30. The summed E-state index contributed by atoms with van der Waals surface area (Å²) in [4.78, 5) is 26.5. The number of Topliss-reactive ketones (excluding diaryl/α,β-unsaturated/α-hetero) is 1. The molecule has 1 unspecified atom stereocenters. The van der Waals surface area contributed by atoms with Crippen molar-refractivity contribution in [3.05, 3.63) is 75.5 Å². The molecule has 26 heavy (non-hydrogen) atoms. The molecular weight excluding hydrogens is 330 g/mol. The SMILES string of the molecule is C[N+]1(CC(=O)c2ccc([N+](=O)[O-])cc2)CCc2[nH]c3ccccc3c2C1. The van der Waals surface area contributed by atoms with Crippen molar-refractivity contribution in [2.24, 2.45) is 0 Å². The van der Waals surface area contributed by atoms with Crippen LogP contribution in [0.25, 0.3) is 10.9 Å². The van der Waals surface area contributed by atoms with Crippen LogP contribution in [-0.4, -0.2) is 40.3 Å². The van der Waals surface area contributed by atoms with Crippen LogP contribution in [0.15, 0.2) is 48.5 Å². The van der Waals surface area contributed by atoms with Gasteiger partial charge in [-0.1, -0.05) is 18.2 Å². The van der Waals surface area contributed by atoms with Gasteiger partial charge in [-0.25, -0.2) is 0 Å². The van der Waals surface area contributed by atoms with E-state index >= 15 is 0 Å². The molecule has 0 bridgehead atoms. The van der Waals surface area contributed by atoms with E-state index in [2.05, 4.69) is 24.2 Å². The number of rotatable bonds is 4. The van der Waals surface area contributed by atoms with Crippen LogP contribution in [0, 0.1) is 10.1 Å². The minimum absolute atomic E-state index is 0.00310. The van der Waals surface area contributed by atoms with Crippen molar-refractivity contribution in [2.75, 3.05) is 20.1 Å². The van der Waals surface area contributed by atoms with E-state index in [4.69, 9.17) is 0 Å². The Bertz CT molecular complexity index is 1010. The van der Waals surface area contributed by atoms with Gasteiger partial charge in [-0.3, -0.25) is 14.9 Å². The molecule has 0 spiro atoms. The van der Waals surface area contributed by atoms with Crippen molar-refractivity contribution < 1.29 is 14.2 Å². The van der Waals surface area contributed by atoms with Crippen molar-refractivity contribution in [1.29, 1.82) is 0 Å². The third kappa shape index (κ3) is 2.88. The lowest BCUT2D eigenvalue weighted by atomic mass is 10.0. The molecule has 0 saturated carbocycles. The van der Waals surface area contributed by atoms with Crippen molar-refractivity contribution >= 4 is 22.4 Å². The van der Waals surface area contributed by atoms with Crippen molar-refractivity contribution in [2.45, 2.75) is 13.0 Å². The largest absolute Gasteiger partial charge is 0.358 e. The standard InChI is InChI=1S/C20H20N3O3/c1-23(13-20(24)14-6-8-15(9-7-14)22(25)26)11-10-19-17(12-23)16-4-2-3-5-18(16)21-19/h2-9,21H,10-13H2,1H3/q+1. The lowest BCUT2D eigenvalue weighted by molar-refractivity contribution is -0.916. The van der Waals surface area contributed by atoms with Gasteiger partial charge >= 0.3 is 0 Å². The number of fused-ring (bicyclic) bond motifs is 3. The predicted octanol–water partition coefficient (Wildman–Crippen LogP) is 3.46. The summed E-state index contributed by atoms with van der Waals surface area (Å²) in [6.45, 7) is 2.08. The lowest BCUT2D eigenvalue weighted by Crippen LogP contribution is -2.50. The molecule has 0 amide bonds. The van der Waals surface area contributed by atoms with Gasteiger partial charge in [-0.05, 0) is 18.2 Å². The monoisotopic (exact) mass is 350 g/mol. The number of carbonyl (C=O) groups excluding carboxylic acids is 1. The number of nitrogens with zero attached hydrogens (tertiary/aromatic N) is 2. The summed E-state index contributed by atoms with van der Waals surface area (Å²) in [5.41, 5.74) is 4.24. The molecule has 0 saturated heterocycles. The van der Waals surface area contributed by atoms with Crippen LogP contribution in [0.4, 0.5) is 5.69 Å². The van der Waals surface area contributed by atoms with Crippen LogP contribution in [0.3, 0.4) is 0 Å². The van der Waals surface area contributed by atoms with Crippen molar-refractivity contribution in [3.63, 3.8) is 0 Å². The fourth-order valence-corrected chi connectivity index (χ4v) is 3.83. The number of aromatic amines is 1. The third-order valence-electron chi connectivity index (χ3n) is 5.27. The minimum Gasteiger partial charge on any atom is -0.358 e. The fourth-order valence-electron chi connectivity index (χ4n) is 3.83. The number of carbonyl (C=O) groups is 1. The average molecular weight is 350 g/mol. The number of ketones is 1. The number of nitrogens with one attached hydrogen (secondary N) is 1. The zero-order chi connectivity index (χ0) is 18.3. The zero-order valence-electron chi connectivity index (χ0n) is 14.6. The van der Waals surface area contributed by atoms with E-state index in [1.54, 1.807) is 12.1 Å². The smallest absolute Gasteiger partial charge is 0.269 e. The summed E-state index contributed by atoms with van der Waals surface area (Å²) in [7, 11) is 2.11. The molecule has 0 fully saturated rings. The van der Waals surface area contributed by atoms with Crippen LogP contribution < -0.4 is 0 Å². The number of non-ortho nitro benzene ring substituents is 1. The minimum atomic E-state index is -0.453. The van der Waals surface area contributed by atoms with Gasteiger partial charge in [0.25, 0.3) is 5.69 Å². The molecule has 1 aromatic heterocycles. The van der Waals surface area contributed by atoms with E-state index < -0.39 is 4.92 Å². The summed E-state index contributed by atoms with van der Waals surface area (Å²) < 4.78 is 0.644. The summed E-state index contributed by atoms with van der Waals surface area (Å²) in [5.74, 6) is 0.0192. The van der Waals surface area contributed by atoms with Crippen LogP contribution in [0.2, 0.25) is 0 Å². The molecule has 6 heteroatoms. The number of nitro benzene ring substituents is 1. The number of quaternary nitrogens is 1. The summed E-state index contributed by atoms with van der Waals surface area (Å²) in [5, 5.41) is 12.0. The van der Waals surface area contributed by atoms with Gasteiger partial charge in [0.15, 0.2) is 0 Å². The molecule has 2 heterocycles. The Morgan fingerprint density at radius 1 is 1.19 bits per heavy atom. The number of H-pyrrole nitrogens is 1. The number of benzene rings is 2. The molecule has 4 rings (SSSR count). The van der Waals surface area contributed by atoms with E-state index in [0.29, 0.717) is 16.6 Å². The van der Waals surface area contributed by atoms with Crippen molar-refractivity contribution in [1.82, 2.24) is 4.98 Å². The predicted molar refractivity (Wildman–Crippen MR) is 99.1 cm³/mol. The molecule has 3 aromatic rings. The van der Waals surface area contributed by atoms with Crippen LogP contribution in [-0.2, 0) is 13.0 Å². The number of para-hydroxylation sites is 1. The topological polar surface area (TPSA) is 76.0 Å². The van der Waals surface area contributed by atoms with Gasteiger partial charge in [-0.2, -0.15) is 0 Å². The second-order valence-electron chi connectivity index (χ2n) is 7.26. The number of hydrogen-bond donors (Lipinski definition) is 1. The first kappa shape index (κ1) is 16.5. The van der Waals surface area contributed by atoms with E-state index in [1.807, 2.05) is 12.1 Å². The first-order chi connectivity index (χ1) is 12.5. The van der Waals surface area contributed by atoms with Crippen molar-refractivity contribution in [3.8, 4) is 0 Å². The van der Waals surface area contributed by atoms with E-state index in [9.17, 15) is 14.9 Å². The first-order valence-corrected chi connectivity index (χ1v) is 8.65. The molecule has 1 aliphatic rings. The molecular formula is C20H20N3O3+.